The molecule has 1 atom stereocenters. The van der Waals surface area contributed by atoms with E-state index in [4.69, 9.17) is 11.6 Å². The number of aromatic hydroxyl groups is 1. The van der Waals surface area contributed by atoms with Gasteiger partial charge < -0.3 is 10.4 Å². The third kappa shape index (κ3) is 2.38. The van der Waals surface area contributed by atoms with Crippen LogP contribution in [0.2, 0.25) is 5.15 Å². The highest BCUT2D eigenvalue weighted by molar-refractivity contribution is 6.32. The van der Waals surface area contributed by atoms with Gasteiger partial charge in [-0.15, -0.1) is 0 Å². The molecule has 0 bridgehead atoms. The van der Waals surface area contributed by atoms with E-state index >= 15 is 0 Å². The van der Waals surface area contributed by atoms with Crippen molar-refractivity contribution in [1.29, 1.82) is 0 Å². The summed E-state index contributed by atoms with van der Waals surface area (Å²) in [7, 11) is 0. The van der Waals surface area contributed by atoms with Crippen molar-refractivity contribution < 1.29 is 5.11 Å². The van der Waals surface area contributed by atoms with E-state index in [1.165, 1.54) is 11.1 Å². The van der Waals surface area contributed by atoms with E-state index in [1.807, 2.05) is 25.1 Å². The zero-order chi connectivity index (χ0) is 13.4. The number of fused-ring (bicyclic) bond motifs is 1. The zero-order valence-electron chi connectivity index (χ0n) is 10.7. The summed E-state index contributed by atoms with van der Waals surface area (Å²) in [4.78, 5) is 4.15. The monoisotopic (exact) mass is 274 g/mol. The van der Waals surface area contributed by atoms with Crippen molar-refractivity contribution in [3.05, 3.63) is 52.3 Å². The molecule has 0 radical (unpaired) electrons. The minimum atomic E-state index is 0.233. The molecule has 0 saturated heterocycles. The number of aromatic nitrogens is 1. The zero-order valence-corrected chi connectivity index (χ0v) is 11.4. The molecule has 1 heterocycles. The summed E-state index contributed by atoms with van der Waals surface area (Å²) in [5.74, 6) is 0.328. The highest BCUT2D eigenvalue weighted by atomic mass is 35.5. The lowest BCUT2D eigenvalue weighted by molar-refractivity contribution is 0.474. The number of phenolic OH excluding ortho intramolecular Hbond substituents is 1. The van der Waals surface area contributed by atoms with Crippen LogP contribution in [0.3, 0.4) is 0 Å². The lowest BCUT2D eigenvalue weighted by Gasteiger charge is -2.16. The Bertz CT molecular complexity index is 628. The molecule has 0 saturated carbocycles. The molecule has 1 aliphatic carbocycles. The molecule has 0 aliphatic heterocycles. The van der Waals surface area contributed by atoms with Crippen molar-refractivity contribution >= 4 is 17.3 Å². The number of hydrogen-bond donors (Lipinski definition) is 2. The van der Waals surface area contributed by atoms with Gasteiger partial charge in [-0.2, -0.15) is 0 Å². The van der Waals surface area contributed by atoms with Gasteiger partial charge in [-0.1, -0.05) is 17.7 Å². The fourth-order valence-electron chi connectivity index (χ4n) is 2.60. The van der Waals surface area contributed by atoms with Gasteiger partial charge in [0.15, 0.2) is 5.15 Å². The minimum absolute atomic E-state index is 0.233. The second-order valence-electron chi connectivity index (χ2n) is 4.97. The first-order valence-electron chi connectivity index (χ1n) is 6.34. The van der Waals surface area contributed by atoms with E-state index in [1.54, 1.807) is 12.3 Å². The largest absolute Gasteiger partial charge is 0.508 e. The second kappa shape index (κ2) is 4.74. The molecule has 2 N–H and O–H groups in total. The smallest absolute Gasteiger partial charge is 0.152 e. The van der Waals surface area contributed by atoms with Crippen molar-refractivity contribution in [1.82, 2.24) is 4.98 Å². The van der Waals surface area contributed by atoms with Gasteiger partial charge in [0.2, 0.25) is 0 Å². The molecule has 1 aromatic heterocycles. The lowest BCUT2D eigenvalue weighted by Crippen LogP contribution is -2.08. The quantitative estimate of drug-likeness (QED) is 0.818. The maximum absolute atomic E-state index is 9.50. The van der Waals surface area contributed by atoms with Gasteiger partial charge in [0.1, 0.15) is 5.75 Å². The van der Waals surface area contributed by atoms with Crippen LogP contribution < -0.4 is 5.32 Å². The van der Waals surface area contributed by atoms with E-state index in [2.05, 4.69) is 10.3 Å². The number of pyridine rings is 1. The van der Waals surface area contributed by atoms with Crippen molar-refractivity contribution in [2.24, 2.45) is 0 Å². The molecule has 1 unspecified atom stereocenters. The van der Waals surface area contributed by atoms with Crippen LogP contribution in [0, 0.1) is 6.92 Å². The van der Waals surface area contributed by atoms with Gasteiger partial charge in [-0.3, -0.25) is 0 Å². The summed E-state index contributed by atoms with van der Waals surface area (Å²) in [6.45, 7) is 2.00. The van der Waals surface area contributed by atoms with Crippen LogP contribution in [0.5, 0.6) is 5.75 Å². The van der Waals surface area contributed by atoms with Gasteiger partial charge in [-0.25, -0.2) is 4.98 Å². The standard InChI is InChI=1S/C15H15ClN2O/c1-9-6-14(15(16)17-8-9)18-13-5-2-10-7-11(19)3-4-12(10)13/h3-4,6-8,13,18-19H,2,5H2,1H3. The lowest BCUT2D eigenvalue weighted by atomic mass is 10.1. The Kier molecular flexibility index (Phi) is 3.07. The molecule has 1 aliphatic rings. The summed E-state index contributed by atoms with van der Waals surface area (Å²) in [6.07, 6.45) is 3.73. The number of anilines is 1. The third-order valence-electron chi connectivity index (χ3n) is 3.51. The average Bonchev–Trinajstić information content (AvgIpc) is 2.76. The number of hydrogen-bond acceptors (Lipinski definition) is 3. The molecule has 0 fully saturated rings. The van der Waals surface area contributed by atoms with Gasteiger partial charge in [0, 0.05) is 6.20 Å². The molecule has 3 nitrogen and oxygen atoms in total. The van der Waals surface area contributed by atoms with Crippen LogP contribution in [-0.4, -0.2) is 10.1 Å². The number of nitrogens with zero attached hydrogens (tertiary/aromatic N) is 1. The number of rotatable bonds is 2. The van der Waals surface area contributed by atoms with E-state index in [0.29, 0.717) is 10.9 Å². The fourth-order valence-corrected chi connectivity index (χ4v) is 2.75. The Morgan fingerprint density at radius 1 is 1.37 bits per heavy atom. The molecule has 2 aromatic rings. The Balaban J connectivity index is 1.88. The number of benzene rings is 1. The Morgan fingerprint density at radius 3 is 3.05 bits per heavy atom. The van der Waals surface area contributed by atoms with Crippen LogP contribution >= 0.6 is 11.6 Å². The molecule has 0 amide bonds. The van der Waals surface area contributed by atoms with Crippen molar-refractivity contribution in [2.45, 2.75) is 25.8 Å². The van der Waals surface area contributed by atoms with Crippen LogP contribution in [0.4, 0.5) is 5.69 Å². The van der Waals surface area contributed by atoms with E-state index in [0.717, 1.165) is 24.1 Å². The molecule has 3 rings (SSSR count). The van der Waals surface area contributed by atoms with Crippen LogP contribution in [0.1, 0.15) is 29.2 Å². The summed E-state index contributed by atoms with van der Waals surface area (Å²) in [5, 5.41) is 13.4. The Hall–Kier alpha value is -1.74. The maximum atomic E-state index is 9.50. The maximum Gasteiger partial charge on any atom is 0.152 e. The molecular weight excluding hydrogens is 260 g/mol. The molecule has 4 heteroatoms. The van der Waals surface area contributed by atoms with Gasteiger partial charge in [0.05, 0.1) is 11.7 Å². The first kappa shape index (κ1) is 12.3. The van der Waals surface area contributed by atoms with Crippen molar-refractivity contribution in [2.75, 3.05) is 5.32 Å². The summed E-state index contributed by atoms with van der Waals surface area (Å²) in [6, 6.07) is 7.79. The topological polar surface area (TPSA) is 45.2 Å². The average molecular weight is 275 g/mol. The summed E-state index contributed by atoms with van der Waals surface area (Å²) in [5.41, 5.74) is 4.38. The SMILES string of the molecule is Cc1cnc(Cl)c(NC2CCc3cc(O)ccc32)c1. The van der Waals surface area contributed by atoms with E-state index < -0.39 is 0 Å². The third-order valence-corrected chi connectivity index (χ3v) is 3.81. The predicted octanol–water partition coefficient (Wildman–Crippen LogP) is 3.85. The molecule has 0 spiro atoms. The Labute approximate surface area is 117 Å². The number of aryl methyl sites for hydroxylation is 2. The van der Waals surface area contributed by atoms with Gasteiger partial charge in [0.25, 0.3) is 0 Å². The van der Waals surface area contributed by atoms with Crippen LogP contribution in [0.25, 0.3) is 0 Å². The second-order valence-corrected chi connectivity index (χ2v) is 5.33. The molecule has 19 heavy (non-hydrogen) atoms. The molecule has 1 aromatic carbocycles. The van der Waals surface area contributed by atoms with Gasteiger partial charge >= 0.3 is 0 Å². The highest BCUT2D eigenvalue weighted by Crippen LogP contribution is 2.36. The van der Waals surface area contributed by atoms with E-state index in [9.17, 15) is 5.11 Å². The first-order valence-corrected chi connectivity index (χ1v) is 6.72. The summed E-state index contributed by atoms with van der Waals surface area (Å²) >= 11 is 6.11. The number of halogens is 1. The van der Waals surface area contributed by atoms with E-state index in [-0.39, 0.29) is 6.04 Å². The number of phenols is 1. The minimum Gasteiger partial charge on any atom is -0.508 e. The summed E-state index contributed by atoms with van der Waals surface area (Å²) < 4.78 is 0. The molecule has 98 valence electrons. The Morgan fingerprint density at radius 2 is 2.21 bits per heavy atom. The van der Waals surface area contributed by atoms with Crippen LogP contribution in [0.15, 0.2) is 30.5 Å². The first-order chi connectivity index (χ1) is 9.13. The fraction of sp³-hybridized carbons (Fsp3) is 0.267. The normalized spacial score (nSPS) is 17.3. The molecular formula is C15H15ClN2O. The van der Waals surface area contributed by atoms with Crippen molar-refractivity contribution in [3.63, 3.8) is 0 Å². The van der Waals surface area contributed by atoms with Crippen LogP contribution in [-0.2, 0) is 6.42 Å². The number of nitrogens with one attached hydrogen (secondary N) is 1. The van der Waals surface area contributed by atoms with Crippen molar-refractivity contribution in [3.8, 4) is 5.75 Å². The predicted molar refractivity (Wildman–Crippen MR) is 76.8 cm³/mol. The highest BCUT2D eigenvalue weighted by Gasteiger charge is 2.23. The van der Waals surface area contributed by atoms with Gasteiger partial charge in [-0.05, 0) is 54.7 Å².